The molecular formula is C13H9Cl2O. The van der Waals surface area contributed by atoms with Crippen molar-refractivity contribution in [2.24, 2.45) is 0 Å². The lowest BCUT2D eigenvalue weighted by Crippen LogP contribution is -1.96. The summed E-state index contributed by atoms with van der Waals surface area (Å²) in [7, 11) is 0. The molecule has 81 valence electrons. The highest BCUT2D eigenvalue weighted by molar-refractivity contribution is 6.42. The maximum Gasteiger partial charge on any atom is 0.127 e. The van der Waals surface area contributed by atoms with E-state index in [0.717, 1.165) is 5.56 Å². The molecule has 1 nitrogen and oxygen atoms in total. The van der Waals surface area contributed by atoms with E-state index in [1.807, 2.05) is 30.3 Å². The molecule has 16 heavy (non-hydrogen) atoms. The van der Waals surface area contributed by atoms with E-state index < -0.39 is 0 Å². The number of halogens is 2. The quantitative estimate of drug-likeness (QED) is 0.787. The van der Waals surface area contributed by atoms with Crippen molar-refractivity contribution in [2.75, 3.05) is 0 Å². The van der Waals surface area contributed by atoms with Crippen molar-refractivity contribution in [3.05, 3.63) is 64.1 Å². The molecule has 2 rings (SSSR count). The van der Waals surface area contributed by atoms with E-state index in [1.165, 1.54) is 0 Å². The molecule has 0 N–H and O–H groups in total. The fourth-order valence-electron chi connectivity index (χ4n) is 1.28. The number of hydrogen-bond acceptors (Lipinski definition) is 1. The number of para-hydroxylation sites is 1. The van der Waals surface area contributed by atoms with E-state index in [9.17, 15) is 0 Å². The Morgan fingerprint density at radius 1 is 1.06 bits per heavy atom. The number of ether oxygens (including phenoxy) is 1. The molecular weight excluding hydrogens is 243 g/mol. The van der Waals surface area contributed by atoms with Crippen LogP contribution in [0.2, 0.25) is 10.0 Å². The first-order chi connectivity index (χ1) is 7.77. The summed E-state index contributed by atoms with van der Waals surface area (Å²) in [5.41, 5.74) is 0.867. The molecule has 0 aliphatic carbocycles. The molecule has 0 heterocycles. The standard InChI is InChI=1S/C13H9Cl2O/c14-12-8-4-5-10(13(12)15)9-16-11-6-2-1-3-7-11/h1-6,8H,9H2. The first kappa shape index (κ1) is 11.3. The zero-order chi connectivity index (χ0) is 11.4. The van der Waals surface area contributed by atoms with Crippen molar-refractivity contribution in [3.8, 4) is 5.75 Å². The molecule has 0 bridgehead atoms. The minimum absolute atomic E-state index is 0.389. The van der Waals surface area contributed by atoms with Gasteiger partial charge >= 0.3 is 0 Å². The van der Waals surface area contributed by atoms with Gasteiger partial charge in [0, 0.05) is 11.6 Å². The van der Waals surface area contributed by atoms with Gasteiger partial charge in [0.05, 0.1) is 10.0 Å². The molecule has 0 spiro atoms. The Kier molecular flexibility index (Phi) is 3.70. The van der Waals surface area contributed by atoms with Gasteiger partial charge < -0.3 is 4.74 Å². The van der Waals surface area contributed by atoms with Gasteiger partial charge in [-0.15, -0.1) is 0 Å². The molecule has 0 aromatic heterocycles. The Labute approximate surface area is 105 Å². The lowest BCUT2D eigenvalue weighted by atomic mass is 10.2. The van der Waals surface area contributed by atoms with Gasteiger partial charge in [0.2, 0.25) is 0 Å². The van der Waals surface area contributed by atoms with Crippen LogP contribution in [0.25, 0.3) is 0 Å². The van der Waals surface area contributed by atoms with E-state index in [0.29, 0.717) is 22.4 Å². The Hall–Kier alpha value is -1.18. The van der Waals surface area contributed by atoms with Crippen molar-refractivity contribution in [1.82, 2.24) is 0 Å². The lowest BCUT2D eigenvalue weighted by Gasteiger charge is -2.07. The Balaban J connectivity index is 2.08. The molecule has 0 aliphatic heterocycles. The van der Waals surface area contributed by atoms with Crippen LogP contribution in [-0.2, 0) is 6.61 Å². The molecule has 0 amide bonds. The zero-order valence-corrected chi connectivity index (χ0v) is 9.92. The van der Waals surface area contributed by atoms with Gasteiger partial charge in [0.15, 0.2) is 0 Å². The van der Waals surface area contributed by atoms with Crippen molar-refractivity contribution >= 4 is 23.2 Å². The van der Waals surface area contributed by atoms with Crippen LogP contribution >= 0.6 is 23.2 Å². The maximum atomic E-state index is 6.04. The molecule has 0 saturated carbocycles. The molecule has 0 unspecified atom stereocenters. The monoisotopic (exact) mass is 251 g/mol. The van der Waals surface area contributed by atoms with Crippen molar-refractivity contribution in [1.29, 1.82) is 0 Å². The second-order valence-corrected chi connectivity index (χ2v) is 4.01. The lowest BCUT2D eigenvalue weighted by molar-refractivity contribution is 0.305. The van der Waals surface area contributed by atoms with Crippen molar-refractivity contribution in [3.63, 3.8) is 0 Å². The average molecular weight is 252 g/mol. The van der Waals surface area contributed by atoms with Crippen LogP contribution in [-0.4, -0.2) is 0 Å². The van der Waals surface area contributed by atoms with Gasteiger partial charge in [-0.05, 0) is 12.1 Å². The molecule has 0 saturated heterocycles. The van der Waals surface area contributed by atoms with Crippen LogP contribution in [0.4, 0.5) is 0 Å². The van der Waals surface area contributed by atoms with Crippen LogP contribution in [0.3, 0.4) is 0 Å². The van der Waals surface area contributed by atoms with E-state index in [2.05, 4.69) is 6.07 Å². The summed E-state index contributed by atoms with van der Waals surface area (Å²) in [5, 5.41) is 1.08. The molecule has 1 radical (unpaired) electrons. The summed E-state index contributed by atoms with van der Waals surface area (Å²) in [6, 6.07) is 15.9. The summed E-state index contributed by atoms with van der Waals surface area (Å²) in [4.78, 5) is 0. The average Bonchev–Trinajstić information content (AvgIpc) is 2.32. The van der Waals surface area contributed by atoms with Crippen LogP contribution in [0.5, 0.6) is 5.75 Å². The van der Waals surface area contributed by atoms with Gasteiger partial charge in [-0.25, -0.2) is 0 Å². The first-order valence-corrected chi connectivity index (χ1v) is 5.55. The molecule has 0 atom stereocenters. The zero-order valence-electron chi connectivity index (χ0n) is 8.41. The topological polar surface area (TPSA) is 9.23 Å². The highest BCUT2D eigenvalue weighted by atomic mass is 35.5. The van der Waals surface area contributed by atoms with Crippen LogP contribution in [0.1, 0.15) is 5.56 Å². The fourth-order valence-corrected chi connectivity index (χ4v) is 1.66. The summed E-state index contributed by atoms with van der Waals surface area (Å²) >= 11 is 11.9. The van der Waals surface area contributed by atoms with Crippen molar-refractivity contribution < 1.29 is 4.74 Å². The van der Waals surface area contributed by atoms with Gasteiger partial charge in [0.1, 0.15) is 12.4 Å². The maximum absolute atomic E-state index is 6.04. The van der Waals surface area contributed by atoms with Crippen LogP contribution in [0.15, 0.2) is 42.5 Å². The van der Waals surface area contributed by atoms with Gasteiger partial charge in [-0.3, -0.25) is 0 Å². The smallest absolute Gasteiger partial charge is 0.127 e. The Morgan fingerprint density at radius 3 is 2.69 bits per heavy atom. The number of benzene rings is 2. The van der Waals surface area contributed by atoms with E-state index in [-0.39, 0.29) is 0 Å². The third-order valence-electron chi connectivity index (χ3n) is 2.10. The van der Waals surface area contributed by atoms with Gasteiger partial charge in [-0.1, -0.05) is 53.5 Å². The summed E-state index contributed by atoms with van der Waals surface area (Å²) in [5.74, 6) is 0.693. The van der Waals surface area contributed by atoms with Gasteiger partial charge in [0.25, 0.3) is 0 Å². The predicted octanol–water partition coefficient (Wildman–Crippen LogP) is 4.37. The summed E-state index contributed by atoms with van der Waals surface area (Å²) < 4.78 is 5.53. The minimum Gasteiger partial charge on any atom is -0.488 e. The fraction of sp³-hybridized carbons (Fsp3) is 0.0769. The van der Waals surface area contributed by atoms with Crippen LogP contribution < -0.4 is 4.74 Å². The molecule has 3 heteroatoms. The molecule has 2 aromatic rings. The minimum atomic E-state index is 0.389. The predicted molar refractivity (Wildman–Crippen MR) is 66.1 cm³/mol. The molecule has 2 aromatic carbocycles. The normalized spacial score (nSPS) is 10.1. The second-order valence-electron chi connectivity index (χ2n) is 3.23. The van der Waals surface area contributed by atoms with Gasteiger partial charge in [-0.2, -0.15) is 0 Å². The van der Waals surface area contributed by atoms with E-state index in [4.69, 9.17) is 27.9 Å². The SMILES string of the molecule is Clc1cccc(COc2[c]cccc2)c1Cl. The van der Waals surface area contributed by atoms with Crippen molar-refractivity contribution in [2.45, 2.75) is 6.61 Å². The third-order valence-corrected chi connectivity index (χ3v) is 2.95. The highest BCUT2D eigenvalue weighted by Crippen LogP contribution is 2.26. The second kappa shape index (κ2) is 5.24. The first-order valence-electron chi connectivity index (χ1n) is 4.80. The van der Waals surface area contributed by atoms with Crippen LogP contribution in [0, 0.1) is 6.07 Å². The Bertz CT molecular complexity index is 469. The Morgan fingerprint density at radius 2 is 1.94 bits per heavy atom. The largest absolute Gasteiger partial charge is 0.488 e. The molecule has 0 aliphatic rings. The summed E-state index contributed by atoms with van der Waals surface area (Å²) in [6.45, 7) is 0.389. The highest BCUT2D eigenvalue weighted by Gasteiger charge is 2.04. The number of hydrogen-bond donors (Lipinski definition) is 0. The third kappa shape index (κ3) is 2.69. The molecule has 0 fully saturated rings. The number of rotatable bonds is 3. The van der Waals surface area contributed by atoms with E-state index in [1.54, 1.807) is 12.1 Å². The summed E-state index contributed by atoms with van der Waals surface area (Å²) in [6.07, 6.45) is 0. The van der Waals surface area contributed by atoms with E-state index >= 15 is 0 Å².